The number of carbonyl (C=O) groups excluding carboxylic acids is 1. The molecule has 0 radical (unpaired) electrons. The van der Waals surface area contributed by atoms with Gasteiger partial charge in [0.1, 0.15) is 12.7 Å². The Morgan fingerprint density at radius 3 is 2.62 bits per heavy atom. The molecule has 0 aliphatic heterocycles. The fourth-order valence-corrected chi connectivity index (χ4v) is 1.83. The molecule has 0 heterocycles. The molecule has 0 bridgehead atoms. The van der Waals surface area contributed by atoms with Crippen LogP contribution in [0.1, 0.15) is 12.0 Å². The SMILES string of the molecule is COc1cc(/C=C/C(=O)NCCC(CON(O)O)ON(O)O)ccc1O. The molecule has 0 spiro atoms. The van der Waals surface area contributed by atoms with Crippen molar-refractivity contribution in [3.63, 3.8) is 0 Å². The van der Waals surface area contributed by atoms with Gasteiger partial charge in [-0.05, 0) is 30.2 Å². The van der Waals surface area contributed by atoms with E-state index in [1.807, 2.05) is 0 Å². The fourth-order valence-electron chi connectivity index (χ4n) is 1.83. The third-order valence-electron chi connectivity index (χ3n) is 3.02. The molecule has 0 aromatic heterocycles. The van der Waals surface area contributed by atoms with Gasteiger partial charge in [0.25, 0.3) is 0 Å². The smallest absolute Gasteiger partial charge is 0.244 e. The van der Waals surface area contributed by atoms with Crippen LogP contribution in [0.15, 0.2) is 24.3 Å². The molecule has 1 aromatic carbocycles. The van der Waals surface area contributed by atoms with Crippen LogP contribution in [-0.4, -0.2) is 69.0 Å². The number of nitrogens with zero attached hydrogens (tertiary/aromatic N) is 2. The predicted octanol–water partition coefficient (Wildman–Crippen LogP) is 0.313. The van der Waals surface area contributed by atoms with E-state index >= 15 is 0 Å². The van der Waals surface area contributed by atoms with Crippen molar-refractivity contribution in [2.75, 3.05) is 20.3 Å². The van der Waals surface area contributed by atoms with Gasteiger partial charge in [0.15, 0.2) is 11.5 Å². The number of methoxy groups -OCH3 is 1. The predicted molar refractivity (Wildman–Crippen MR) is 83.0 cm³/mol. The number of hydrogen-bond donors (Lipinski definition) is 6. The van der Waals surface area contributed by atoms with E-state index in [4.69, 9.17) is 25.6 Å². The summed E-state index contributed by atoms with van der Waals surface area (Å²) in [6, 6.07) is 4.57. The maximum absolute atomic E-state index is 11.8. The summed E-state index contributed by atoms with van der Waals surface area (Å²) in [6.45, 7) is -0.357. The van der Waals surface area contributed by atoms with Gasteiger partial charge in [-0.25, -0.2) is 9.68 Å². The van der Waals surface area contributed by atoms with Crippen molar-refractivity contribution in [3.05, 3.63) is 29.8 Å². The second kappa shape index (κ2) is 11.3. The Morgan fingerprint density at radius 2 is 2.00 bits per heavy atom. The number of amides is 1. The van der Waals surface area contributed by atoms with E-state index < -0.39 is 29.4 Å². The van der Waals surface area contributed by atoms with Crippen LogP contribution >= 0.6 is 0 Å². The maximum Gasteiger partial charge on any atom is 0.244 e. The number of phenolic OH excluding ortho intramolecular Hbond substituents is 1. The largest absolute Gasteiger partial charge is 0.504 e. The first-order valence-electron chi connectivity index (χ1n) is 7.30. The molecule has 1 rings (SSSR count). The third-order valence-corrected chi connectivity index (χ3v) is 3.02. The summed E-state index contributed by atoms with van der Waals surface area (Å²) in [5.41, 5.74) is 0.631. The van der Waals surface area contributed by atoms with E-state index in [1.54, 1.807) is 12.1 Å². The summed E-state index contributed by atoms with van der Waals surface area (Å²) in [5.74, 6) is -0.187. The van der Waals surface area contributed by atoms with E-state index in [-0.39, 0.29) is 24.5 Å². The van der Waals surface area contributed by atoms with Gasteiger partial charge in [-0.15, -0.1) is 0 Å². The standard InChI is InChI=1S/C14H21N3O9/c1-24-13-8-10(2-4-12(13)18)3-5-14(19)15-7-6-11(26-17(22)23)9-25-16(20)21/h2-5,8,11,18,20-23H,6-7,9H2,1H3,(H,15,19)/b5-3+. The Morgan fingerprint density at radius 1 is 1.27 bits per heavy atom. The number of aromatic hydroxyl groups is 1. The molecular formula is C14H21N3O9. The Bertz CT molecular complexity index is 595. The van der Waals surface area contributed by atoms with Gasteiger partial charge in [-0.2, -0.15) is 0 Å². The molecule has 0 aliphatic carbocycles. The van der Waals surface area contributed by atoms with Gasteiger partial charge in [0, 0.05) is 12.6 Å². The number of rotatable bonds is 11. The van der Waals surface area contributed by atoms with Crippen LogP contribution in [0.4, 0.5) is 0 Å². The van der Waals surface area contributed by atoms with E-state index in [0.29, 0.717) is 5.56 Å². The Labute approximate surface area is 148 Å². The van der Waals surface area contributed by atoms with Gasteiger partial charge in [-0.3, -0.25) is 25.6 Å². The average molecular weight is 375 g/mol. The molecule has 26 heavy (non-hydrogen) atoms. The lowest BCUT2D eigenvalue weighted by molar-refractivity contribution is -0.527. The molecule has 0 fully saturated rings. The zero-order chi connectivity index (χ0) is 19.5. The minimum Gasteiger partial charge on any atom is -0.504 e. The number of carbonyl (C=O) groups is 1. The first kappa shape index (κ1) is 21.8. The molecule has 1 amide bonds. The third kappa shape index (κ3) is 8.70. The molecule has 6 N–H and O–H groups in total. The molecule has 1 atom stereocenters. The topological polar surface area (TPSA) is 164 Å². The Hall–Kier alpha value is -2.29. The van der Waals surface area contributed by atoms with E-state index in [2.05, 4.69) is 15.0 Å². The molecule has 1 unspecified atom stereocenters. The van der Waals surface area contributed by atoms with Crippen molar-refractivity contribution in [2.45, 2.75) is 12.5 Å². The second-order valence-corrected chi connectivity index (χ2v) is 4.87. The van der Waals surface area contributed by atoms with Crippen molar-refractivity contribution < 1.29 is 45.1 Å². The first-order chi connectivity index (χ1) is 12.3. The minimum absolute atomic E-state index is 0.0199. The van der Waals surface area contributed by atoms with Gasteiger partial charge < -0.3 is 15.2 Å². The van der Waals surface area contributed by atoms with Crippen LogP contribution in [-0.2, 0) is 14.5 Å². The second-order valence-electron chi connectivity index (χ2n) is 4.87. The van der Waals surface area contributed by atoms with E-state index in [9.17, 15) is 9.90 Å². The number of ether oxygens (including phenoxy) is 1. The molecule has 12 heteroatoms. The van der Waals surface area contributed by atoms with Crippen molar-refractivity contribution in [3.8, 4) is 11.5 Å². The fraction of sp³-hybridized carbons (Fsp3) is 0.357. The van der Waals surface area contributed by atoms with Crippen LogP contribution in [0.3, 0.4) is 0 Å². The first-order valence-corrected chi connectivity index (χ1v) is 7.30. The maximum atomic E-state index is 11.8. The summed E-state index contributed by atoms with van der Waals surface area (Å²) in [7, 11) is 1.41. The summed E-state index contributed by atoms with van der Waals surface area (Å²) >= 11 is 0. The van der Waals surface area contributed by atoms with Crippen molar-refractivity contribution in [1.82, 2.24) is 16.1 Å². The molecule has 0 aliphatic rings. The van der Waals surface area contributed by atoms with Crippen LogP contribution in [0, 0.1) is 0 Å². The Balaban J connectivity index is 2.46. The molecule has 146 valence electrons. The zero-order valence-electron chi connectivity index (χ0n) is 13.8. The lowest BCUT2D eigenvalue weighted by atomic mass is 10.2. The average Bonchev–Trinajstić information content (AvgIpc) is 2.58. The molecule has 0 saturated carbocycles. The van der Waals surface area contributed by atoms with E-state index in [1.165, 1.54) is 25.3 Å². The highest BCUT2D eigenvalue weighted by Crippen LogP contribution is 2.26. The van der Waals surface area contributed by atoms with Crippen LogP contribution < -0.4 is 10.1 Å². The number of hydrogen-bond acceptors (Lipinski definition) is 11. The number of phenols is 1. The monoisotopic (exact) mass is 375 g/mol. The van der Waals surface area contributed by atoms with Crippen LogP contribution in [0.25, 0.3) is 6.08 Å². The van der Waals surface area contributed by atoms with Crippen LogP contribution in [0.2, 0.25) is 0 Å². The van der Waals surface area contributed by atoms with Gasteiger partial charge in [0.2, 0.25) is 5.91 Å². The lowest BCUT2D eigenvalue weighted by Crippen LogP contribution is -2.34. The molecular weight excluding hydrogens is 354 g/mol. The van der Waals surface area contributed by atoms with E-state index in [0.717, 1.165) is 0 Å². The van der Waals surface area contributed by atoms with Crippen molar-refractivity contribution >= 4 is 12.0 Å². The van der Waals surface area contributed by atoms with Gasteiger partial charge >= 0.3 is 0 Å². The highest BCUT2D eigenvalue weighted by molar-refractivity contribution is 5.91. The quantitative estimate of drug-likeness (QED) is 0.233. The molecule has 12 nitrogen and oxygen atoms in total. The minimum atomic E-state index is -0.988. The summed E-state index contributed by atoms with van der Waals surface area (Å²) in [4.78, 5) is 20.6. The molecule has 1 aromatic rings. The highest BCUT2D eigenvalue weighted by Gasteiger charge is 2.15. The van der Waals surface area contributed by atoms with Crippen molar-refractivity contribution in [1.29, 1.82) is 0 Å². The van der Waals surface area contributed by atoms with Crippen LogP contribution in [0.5, 0.6) is 11.5 Å². The van der Waals surface area contributed by atoms with Crippen molar-refractivity contribution in [2.24, 2.45) is 0 Å². The summed E-state index contributed by atoms with van der Waals surface area (Å²) in [6.07, 6.45) is 1.84. The number of benzene rings is 1. The lowest BCUT2D eigenvalue weighted by Gasteiger charge is -2.18. The highest BCUT2D eigenvalue weighted by atomic mass is 17.1. The summed E-state index contributed by atoms with van der Waals surface area (Å²) in [5, 5.41) is 45.0. The Kier molecular flexibility index (Phi) is 9.50. The normalized spacial score (nSPS) is 12.7. The van der Waals surface area contributed by atoms with Gasteiger partial charge in [0.05, 0.1) is 17.9 Å². The number of nitrogens with one attached hydrogen (secondary N) is 1. The van der Waals surface area contributed by atoms with Gasteiger partial charge in [-0.1, -0.05) is 6.07 Å². The summed E-state index contributed by atoms with van der Waals surface area (Å²) < 4.78 is 4.96. The molecule has 0 saturated heterocycles. The zero-order valence-corrected chi connectivity index (χ0v) is 13.8.